The van der Waals surface area contributed by atoms with Crippen LogP contribution < -0.4 is 0 Å². The summed E-state index contributed by atoms with van der Waals surface area (Å²) < 4.78 is 23.2. The Bertz CT molecular complexity index is 338. The number of hydrogen-bond donors (Lipinski definition) is 0. The molecule has 0 saturated carbocycles. The Balaban J connectivity index is 2.52. The topological polar surface area (TPSA) is 36.9 Å². The lowest BCUT2D eigenvalue weighted by Crippen LogP contribution is -2.05. The van der Waals surface area contributed by atoms with Gasteiger partial charge in [-0.05, 0) is 31.9 Å². The van der Waals surface area contributed by atoms with E-state index < -0.39 is 0 Å². The van der Waals surface area contributed by atoms with E-state index in [2.05, 4.69) is 31.9 Å². The monoisotopic (exact) mass is 416 g/mol. The van der Waals surface area contributed by atoms with Crippen molar-refractivity contribution in [2.45, 2.75) is 13.2 Å². The summed E-state index contributed by atoms with van der Waals surface area (Å²) in [5.41, 5.74) is 2.26. The zero-order valence-corrected chi connectivity index (χ0v) is 15.0. The zero-order valence-electron chi connectivity index (χ0n) is 11.0. The predicted octanol–water partition coefficient (Wildman–Crippen LogP) is 3.60. The van der Waals surface area contributed by atoms with E-state index in [0.717, 1.165) is 18.7 Å². The van der Waals surface area contributed by atoms with Crippen molar-refractivity contribution in [2.24, 2.45) is 0 Å². The lowest BCUT2D eigenvalue weighted by molar-refractivity contribution is 0.0533. The second kappa shape index (κ2) is 10.3. The first-order valence-electron chi connectivity index (χ1n) is 5.79. The molecule has 1 heterocycles. The van der Waals surface area contributed by atoms with Crippen LogP contribution in [0.1, 0.15) is 11.1 Å². The van der Waals surface area contributed by atoms with Crippen molar-refractivity contribution in [1.82, 2.24) is 0 Å². The zero-order chi connectivity index (χ0) is 14.1. The molecule has 0 spiro atoms. The van der Waals surface area contributed by atoms with E-state index >= 15 is 0 Å². The highest BCUT2D eigenvalue weighted by Gasteiger charge is 2.15. The fraction of sp³-hybridized carbons (Fsp3) is 0.667. The van der Waals surface area contributed by atoms with E-state index in [1.54, 1.807) is 25.6 Å². The Labute approximate surface area is 134 Å². The largest absolute Gasteiger partial charge is 0.382 e. The molecule has 0 atom stereocenters. The molecule has 110 valence electrons. The van der Waals surface area contributed by atoms with Gasteiger partial charge in [0.05, 0.1) is 47.2 Å². The number of ether oxygens (including phenoxy) is 4. The molecule has 0 aliphatic carbocycles. The van der Waals surface area contributed by atoms with Crippen LogP contribution in [-0.4, -0.2) is 40.6 Å². The minimum atomic E-state index is 0.551. The summed E-state index contributed by atoms with van der Waals surface area (Å²) in [6.07, 6.45) is 0. The number of thiophene rings is 1. The van der Waals surface area contributed by atoms with Gasteiger partial charge in [-0.15, -0.1) is 11.3 Å². The Kier molecular flexibility index (Phi) is 9.48. The molecule has 19 heavy (non-hydrogen) atoms. The minimum Gasteiger partial charge on any atom is -0.382 e. The first kappa shape index (κ1) is 17.6. The Morgan fingerprint density at radius 3 is 1.58 bits per heavy atom. The van der Waals surface area contributed by atoms with Gasteiger partial charge < -0.3 is 18.9 Å². The molecule has 1 aromatic heterocycles. The highest BCUT2D eigenvalue weighted by molar-refractivity contribution is 9.12. The number of methoxy groups -OCH3 is 2. The van der Waals surface area contributed by atoms with Gasteiger partial charge in [0, 0.05) is 25.3 Å². The summed E-state index contributed by atoms with van der Waals surface area (Å²) in [5, 5.41) is 0. The van der Waals surface area contributed by atoms with Gasteiger partial charge in [-0.2, -0.15) is 0 Å². The van der Waals surface area contributed by atoms with E-state index in [9.17, 15) is 0 Å². The minimum absolute atomic E-state index is 0.551. The first-order valence-corrected chi connectivity index (χ1v) is 8.19. The predicted molar refractivity (Wildman–Crippen MR) is 82.8 cm³/mol. The molecule has 0 N–H and O–H groups in total. The summed E-state index contributed by atoms with van der Waals surface area (Å²) >= 11 is 8.75. The van der Waals surface area contributed by atoms with Gasteiger partial charge in [-0.3, -0.25) is 0 Å². The van der Waals surface area contributed by atoms with Crippen LogP contribution in [0.3, 0.4) is 0 Å². The van der Waals surface area contributed by atoms with Crippen LogP contribution in [0, 0.1) is 0 Å². The van der Waals surface area contributed by atoms with Crippen molar-refractivity contribution in [3.05, 3.63) is 18.7 Å². The molecule has 0 unspecified atom stereocenters. The summed E-state index contributed by atoms with van der Waals surface area (Å²) in [5.74, 6) is 0. The van der Waals surface area contributed by atoms with Gasteiger partial charge in [-0.25, -0.2) is 0 Å². The van der Waals surface area contributed by atoms with Crippen molar-refractivity contribution in [1.29, 1.82) is 0 Å². The van der Waals surface area contributed by atoms with Gasteiger partial charge in [0.25, 0.3) is 0 Å². The summed E-state index contributed by atoms with van der Waals surface area (Å²) in [4.78, 5) is 0. The number of hydrogen-bond acceptors (Lipinski definition) is 5. The molecule has 0 aliphatic rings. The molecule has 1 rings (SSSR count). The highest BCUT2D eigenvalue weighted by Crippen LogP contribution is 2.37. The first-order chi connectivity index (χ1) is 9.20. The normalized spacial score (nSPS) is 11.2. The average Bonchev–Trinajstić information content (AvgIpc) is 2.65. The lowest BCUT2D eigenvalue weighted by Gasteiger charge is -2.08. The molecule has 0 fully saturated rings. The molecule has 0 saturated heterocycles. The van der Waals surface area contributed by atoms with Crippen LogP contribution in [0.2, 0.25) is 0 Å². The molecule has 0 bridgehead atoms. The van der Waals surface area contributed by atoms with E-state index in [4.69, 9.17) is 18.9 Å². The number of halogens is 2. The van der Waals surface area contributed by atoms with Gasteiger partial charge in [0.15, 0.2) is 0 Å². The second-order valence-electron chi connectivity index (χ2n) is 3.70. The molecule has 7 heteroatoms. The van der Waals surface area contributed by atoms with Gasteiger partial charge in [0.2, 0.25) is 0 Å². The van der Waals surface area contributed by atoms with Gasteiger partial charge in [0.1, 0.15) is 0 Å². The van der Waals surface area contributed by atoms with Crippen molar-refractivity contribution < 1.29 is 18.9 Å². The Morgan fingerprint density at radius 2 is 1.21 bits per heavy atom. The van der Waals surface area contributed by atoms with Crippen LogP contribution in [0.5, 0.6) is 0 Å². The van der Waals surface area contributed by atoms with E-state index in [-0.39, 0.29) is 0 Å². The standard InChI is InChI=1S/C12H18Br2O4S/c1-15-3-5-17-7-9-10(8-18-6-4-16-2)12(14)19-11(9)13/h3-8H2,1-2H3. The van der Waals surface area contributed by atoms with Crippen LogP contribution in [0.25, 0.3) is 0 Å². The average molecular weight is 418 g/mol. The van der Waals surface area contributed by atoms with Crippen molar-refractivity contribution in [3.63, 3.8) is 0 Å². The molecular formula is C12H18Br2O4S. The maximum absolute atomic E-state index is 5.57. The van der Waals surface area contributed by atoms with Crippen molar-refractivity contribution >= 4 is 43.2 Å². The van der Waals surface area contributed by atoms with Gasteiger partial charge in [-0.1, -0.05) is 0 Å². The Hall–Kier alpha value is 0.500. The molecule has 0 radical (unpaired) electrons. The molecule has 0 aromatic carbocycles. The highest BCUT2D eigenvalue weighted by atomic mass is 79.9. The lowest BCUT2D eigenvalue weighted by atomic mass is 10.2. The second-order valence-corrected chi connectivity index (χ2v) is 7.35. The van der Waals surface area contributed by atoms with E-state index in [1.807, 2.05) is 0 Å². The summed E-state index contributed by atoms with van der Waals surface area (Å²) in [7, 11) is 3.32. The molecule has 0 aliphatic heterocycles. The maximum atomic E-state index is 5.57. The quantitative estimate of drug-likeness (QED) is 0.545. The molecule has 4 nitrogen and oxygen atoms in total. The van der Waals surface area contributed by atoms with Crippen LogP contribution >= 0.6 is 43.2 Å². The van der Waals surface area contributed by atoms with E-state index in [1.165, 1.54) is 0 Å². The third-order valence-corrected chi connectivity index (χ3v) is 5.15. The Morgan fingerprint density at radius 1 is 0.789 bits per heavy atom. The van der Waals surface area contributed by atoms with Crippen LogP contribution in [0.4, 0.5) is 0 Å². The molecule has 0 amide bonds. The van der Waals surface area contributed by atoms with Crippen LogP contribution in [0.15, 0.2) is 7.57 Å². The van der Waals surface area contributed by atoms with Crippen molar-refractivity contribution in [2.75, 3.05) is 40.6 Å². The third-order valence-electron chi connectivity index (χ3n) is 2.37. The molecular weight excluding hydrogens is 400 g/mol. The van der Waals surface area contributed by atoms with Crippen LogP contribution in [-0.2, 0) is 32.2 Å². The van der Waals surface area contributed by atoms with Crippen molar-refractivity contribution in [3.8, 4) is 0 Å². The molecule has 1 aromatic rings. The number of rotatable bonds is 10. The third kappa shape index (κ3) is 6.20. The maximum Gasteiger partial charge on any atom is 0.0769 e. The SMILES string of the molecule is COCCOCc1c(Br)sc(Br)c1COCCOC. The fourth-order valence-electron chi connectivity index (χ4n) is 1.36. The smallest absolute Gasteiger partial charge is 0.0769 e. The van der Waals surface area contributed by atoms with E-state index in [0.29, 0.717) is 39.6 Å². The summed E-state index contributed by atoms with van der Waals surface area (Å²) in [6, 6.07) is 0. The fourth-order valence-corrected chi connectivity index (χ4v) is 4.46. The summed E-state index contributed by atoms with van der Waals surface area (Å²) in [6.45, 7) is 3.47. The van der Waals surface area contributed by atoms with Gasteiger partial charge >= 0.3 is 0 Å².